The summed E-state index contributed by atoms with van der Waals surface area (Å²) in [6, 6.07) is 3.51. The monoisotopic (exact) mass is 311 g/mol. The van der Waals surface area contributed by atoms with E-state index in [1.807, 2.05) is 0 Å². The maximum Gasteiger partial charge on any atom is 0.251 e. The van der Waals surface area contributed by atoms with Crippen molar-refractivity contribution in [1.82, 2.24) is 5.32 Å². The quantitative estimate of drug-likeness (QED) is 0.923. The highest BCUT2D eigenvalue weighted by molar-refractivity contribution is 6.32. The van der Waals surface area contributed by atoms with E-state index < -0.39 is 0 Å². The molecule has 1 aliphatic carbocycles. The van der Waals surface area contributed by atoms with Crippen molar-refractivity contribution >= 4 is 17.5 Å². The van der Waals surface area contributed by atoms with Gasteiger partial charge in [0.2, 0.25) is 0 Å². The molecular formula is C16H22ClNO3. The number of hydrogen-bond acceptors (Lipinski definition) is 3. The smallest absolute Gasteiger partial charge is 0.251 e. The Labute approximate surface area is 130 Å². The fourth-order valence-electron chi connectivity index (χ4n) is 2.83. The molecule has 1 aromatic rings. The van der Waals surface area contributed by atoms with E-state index in [4.69, 9.17) is 21.1 Å². The van der Waals surface area contributed by atoms with Crippen molar-refractivity contribution in [2.45, 2.75) is 38.6 Å². The second-order valence-corrected chi connectivity index (χ2v) is 5.94. The number of carbonyl (C=O) groups excluding carboxylic acids is 1. The SMILES string of the molecule is COc1cc(C(=O)N[C@@H]2CCCC[C@H]2C)cc(Cl)c1OC. The lowest BCUT2D eigenvalue weighted by Crippen LogP contribution is -2.41. The number of halogens is 1. The van der Waals surface area contributed by atoms with Gasteiger partial charge in [0.1, 0.15) is 0 Å². The third-order valence-corrected chi connectivity index (χ3v) is 4.40. The fraction of sp³-hybridized carbons (Fsp3) is 0.562. The van der Waals surface area contributed by atoms with Crippen molar-refractivity contribution in [2.75, 3.05) is 14.2 Å². The third-order valence-electron chi connectivity index (χ3n) is 4.12. The molecule has 21 heavy (non-hydrogen) atoms. The van der Waals surface area contributed by atoms with Crippen molar-refractivity contribution in [3.63, 3.8) is 0 Å². The highest BCUT2D eigenvalue weighted by Crippen LogP contribution is 2.36. The van der Waals surface area contributed by atoms with Crippen molar-refractivity contribution in [3.8, 4) is 11.5 Å². The first-order valence-electron chi connectivity index (χ1n) is 7.29. The molecule has 1 amide bonds. The lowest BCUT2D eigenvalue weighted by atomic mass is 9.86. The summed E-state index contributed by atoms with van der Waals surface area (Å²) >= 11 is 6.14. The van der Waals surface area contributed by atoms with Crippen molar-refractivity contribution in [2.24, 2.45) is 5.92 Å². The van der Waals surface area contributed by atoms with Gasteiger partial charge in [0.15, 0.2) is 11.5 Å². The molecule has 0 bridgehead atoms. The molecule has 1 aromatic carbocycles. The summed E-state index contributed by atoms with van der Waals surface area (Å²) in [5.41, 5.74) is 0.496. The predicted octanol–water partition coefficient (Wildman–Crippen LogP) is 3.67. The topological polar surface area (TPSA) is 47.6 Å². The van der Waals surface area contributed by atoms with E-state index in [0.717, 1.165) is 12.8 Å². The van der Waals surface area contributed by atoms with Gasteiger partial charge in [-0.3, -0.25) is 4.79 Å². The zero-order valence-electron chi connectivity index (χ0n) is 12.7. The van der Waals surface area contributed by atoms with Gasteiger partial charge in [-0.05, 0) is 30.9 Å². The van der Waals surface area contributed by atoms with Gasteiger partial charge in [-0.1, -0.05) is 31.4 Å². The molecule has 0 radical (unpaired) electrons. The summed E-state index contributed by atoms with van der Waals surface area (Å²) in [6.45, 7) is 2.19. The van der Waals surface area contributed by atoms with Crippen LogP contribution in [0.25, 0.3) is 0 Å². The average Bonchev–Trinajstić information content (AvgIpc) is 2.48. The molecule has 4 nitrogen and oxygen atoms in total. The Balaban J connectivity index is 2.17. The molecule has 1 aliphatic rings. The number of benzene rings is 1. The Morgan fingerprint density at radius 2 is 1.95 bits per heavy atom. The standard InChI is InChI=1S/C16H22ClNO3/c1-10-6-4-5-7-13(10)18-16(19)11-8-12(17)15(21-3)14(9-11)20-2/h8-10,13H,4-7H2,1-3H3,(H,18,19)/t10-,13-/m1/s1. The Kier molecular flexibility index (Phi) is 5.34. The molecule has 0 saturated heterocycles. The number of carbonyl (C=O) groups is 1. The lowest BCUT2D eigenvalue weighted by Gasteiger charge is -2.29. The Morgan fingerprint density at radius 1 is 1.24 bits per heavy atom. The number of nitrogens with one attached hydrogen (secondary N) is 1. The number of hydrogen-bond donors (Lipinski definition) is 1. The van der Waals surface area contributed by atoms with Crippen LogP contribution in [0, 0.1) is 5.92 Å². The van der Waals surface area contributed by atoms with Gasteiger partial charge in [0, 0.05) is 11.6 Å². The first-order valence-corrected chi connectivity index (χ1v) is 7.67. The number of methoxy groups -OCH3 is 2. The predicted molar refractivity (Wildman–Crippen MR) is 83.4 cm³/mol. The summed E-state index contributed by atoms with van der Waals surface area (Å²) in [5, 5.41) is 3.48. The zero-order chi connectivity index (χ0) is 15.4. The lowest BCUT2D eigenvalue weighted by molar-refractivity contribution is 0.0910. The fourth-order valence-corrected chi connectivity index (χ4v) is 3.12. The minimum atomic E-state index is -0.114. The van der Waals surface area contributed by atoms with E-state index in [0.29, 0.717) is 28.0 Å². The molecular weight excluding hydrogens is 290 g/mol. The van der Waals surface area contributed by atoms with Crippen LogP contribution < -0.4 is 14.8 Å². The number of amides is 1. The van der Waals surface area contributed by atoms with Crippen LogP contribution in [-0.4, -0.2) is 26.2 Å². The molecule has 2 rings (SSSR count). The average molecular weight is 312 g/mol. The van der Waals surface area contributed by atoms with Crippen LogP contribution in [0.3, 0.4) is 0 Å². The summed E-state index contributed by atoms with van der Waals surface area (Å²) in [7, 11) is 3.05. The van der Waals surface area contributed by atoms with E-state index >= 15 is 0 Å². The van der Waals surface area contributed by atoms with E-state index in [1.54, 1.807) is 12.1 Å². The molecule has 1 N–H and O–H groups in total. The summed E-state index contributed by atoms with van der Waals surface area (Å²) < 4.78 is 10.4. The van der Waals surface area contributed by atoms with Crippen LogP contribution in [0.1, 0.15) is 43.0 Å². The maximum absolute atomic E-state index is 12.4. The van der Waals surface area contributed by atoms with Gasteiger partial charge in [-0.15, -0.1) is 0 Å². The molecule has 1 fully saturated rings. The van der Waals surface area contributed by atoms with Gasteiger partial charge in [-0.25, -0.2) is 0 Å². The van der Waals surface area contributed by atoms with E-state index in [-0.39, 0.29) is 11.9 Å². The van der Waals surface area contributed by atoms with Crippen molar-refractivity contribution < 1.29 is 14.3 Å². The molecule has 0 aliphatic heterocycles. The first kappa shape index (κ1) is 16.0. The van der Waals surface area contributed by atoms with E-state index in [2.05, 4.69) is 12.2 Å². The van der Waals surface area contributed by atoms with Crippen LogP contribution in [0.15, 0.2) is 12.1 Å². The van der Waals surface area contributed by atoms with Crippen LogP contribution in [-0.2, 0) is 0 Å². The highest BCUT2D eigenvalue weighted by atomic mass is 35.5. The molecule has 2 atom stereocenters. The Bertz CT molecular complexity index is 518. The van der Waals surface area contributed by atoms with Crippen molar-refractivity contribution in [3.05, 3.63) is 22.7 Å². The van der Waals surface area contributed by atoms with Gasteiger partial charge in [0.25, 0.3) is 5.91 Å². The van der Waals surface area contributed by atoms with Gasteiger partial charge < -0.3 is 14.8 Å². The molecule has 0 aromatic heterocycles. The molecule has 1 saturated carbocycles. The third kappa shape index (κ3) is 3.62. The highest BCUT2D eigenvalue weighted by Gasteiger charge is 2.24. The van der Waals surface area contributed by atoms with Crippen LogP contribution in [0.4, 0.5) is 0 Å². The molecule has 5 heteroatoms. The van der Waals surface area contributed by atoms with Gasteiger partial charge in [-0.2, -0.15) is 0 Å². The number of ether oxygens (including phenoxy) is 2. The Hall–Kier alpha value is -1.42. The van der Waals surface area contributed by atoms with E-state index in [1.165, 1.54) is 27.1 Å². The molecule has 0 heterocycles. The second kappa shape index (κ2) is 7.03. The van der Waals surface area contributed by atoms with Crippen LogP contribution in [0.5, 0.6) is 11.5 Å². The van der Waals surface area contributed by atoms with Crippen LogP contribution in [0.2, 0.25) is 5.02 Å². The normalized spacial score (nSPS) is 21.7. The first-order chi connectivity index (χ1) is 10.1. The molecule has 116 valence electrons. The Morgan fingerprint density at radius 3 is 2.57 bits per heavy atom. The van der Waals surface area contributed by atoms with Gasteiger partial charge >= 0.3 is 0 Å². The van der Waals surface area contributed by atoms with E-state index in [9.17, 15) is 4.79 Å². The van der Waals surface area contributed by atoms with Gasteiger partial charge in [0.05, 0.1) is 19.2 Å². The van der Waals surface area contributed by atoms with Crippen molar-refractivity contribution in [1.29, 1.82) is 0 Å². The second-order valence-electron chi connectivity index (χ2n) is 5.54. The summed E-state index contributed by atoms with van der Waals surface area (Å²) in [4.78, 5) is 12.4. The summed E-state index contributed by atoms with van der Waals surface area (Å²) in [5.74, 6) is 1.31. The minimum absolute atomic E-state index is 0.114. The minimum Gasteiger partial charge on any atom is -0.493 e. The molecule has 0 spiro atoms. The largest absolute Gasteiger partial charge is 0.493 e. The molecule has 0 unspecified atom stereocenters. The number of rotatable bonds is 4. The summed E-state index contributed by atoms with van der Waals surface area (Å²) in [6.07, 6.45) is 4.61. The zero-order valence-corrected chi connectivity index (χ0v) is 13.5. The maximum atomic E-state index is 12.4. The van der Waals surface area contributed by atoms with Crippen LogP contribution >= 0.6 is 11.6 Å².